The van der Waals surface area contributed by atoms with Crippen molar-refractivity contribution < 1.29 is 18.0 Å². The minimum Gasteiger partial charge on any atom is -0.352 e. The Kier molecular flexibility index (Phi) is 10.1. The van der Waals surface area contributed by atoms with Gasteiger partial charge in [0.2, 0.25) is 21.8 Å². The number of benzene rings is 3. The number of nitrogens with zero attached hydrogens (tertiary/aromatic N) is 2. The zero-order valence-corrected chi connectivity index (χ0v) is 25.4. The molecule has 3 aromatic carbocycles. The Morgan fingerprint density at radius 3 is 2.10 bits per heavy atom. The number of carbonyl (C=O) groups is 2. The highest BCUT2D eigenvalue weighted by atomic mass is 35.5. The molecule has 0 saturated heterocycles. The predicted octanol–water partition coefficient (Wildman–Crippen LogP) is 5.42. The summed E-state index contributed by atoms with van der Waals surface area (Å²) in [6, 6.07) is 21.4. The summed E-state index contributed by atoms with van der Waals surface area (Å²) >= 11 is 6.12. The molecule has 0 heterocycles. The van der Waals surface area contributed by atoms with Crippen molar-refractivity contribution in [1.82, 2.24) is 10.2 Å². The van der Waals surface area contributed by atoms with Crippen molar-refractivity contribution in [3.63, 3.8) is 0 Å². The molecule has 0 bridgehead atoms. The molecule has 0 aliphatic heterocycles. The Labute approximate surface area is 248 Å². The van der Waals surface area contributed by atoms with E-state index in [-0.39, 0.29) is 18.5 Å². The predicted molar refractivity (Wildman–Crippen MR) is 164 cm³/mol. The van der Waals surface area contributed by atoms with Gasteiger partial charge in [-0.3, -0.25) is 13.9 Å². The summed E-state index contributed by atoms with van der Waals surface area (Å²) in [5, 5.41) is 3.74. The number of rotatable bonds is 11. The fraction of sp³-hybridized carbons (Fsp3) is 0.375. The average molecular weight is 596 g/mol. The lowest BCUT2D eigenvalue weighted by Crippen LogP contribution is -2.54. The third kappa shape index (κ3) is 8.11. The SMILES string of the molecule is Cc1cccc(C)c1N(CC(=O)N(Cc1ccc(Cl)cc1)[C@@H](Cc1ccccc1)C(=O)NC1CCCC1)S(C)(=O)=O. The fourth-order valence-electron chi connectivity index (χ4n) is 5.48. The number of sulfonamides is 1. The van der Waals surface area contributed by atoms with Crippen LogP contribution in [0.25, 0.3) is 0 Å². The molecule has 3 aromatic rings. The van der Waals surface area contributed by atoms with E-state index in [0.717, 1.165) is 58.5 Å². The topological polar surface area (TPSA) is 86.8 Å². The number of carbonyl (C=O) groups excluding carboxylic acids is 2. The van der Waals surface area contributed by atoms with Crippen LogP contribution in [0.2, 0.25) is 5.02 Å². The van der Waals surface area contributed by atoms with Crippen LogP contribution in [0.15, 0.2) is 72.8 Å². The lowest BCUT2D eigenvalue weighted by molar-refractivity contribution is -0.140. The standard InChI is InChI=1S/C32H38ClN3O4S/c1-23-10-9-11-24(2)31(23)36(41(3,39)40)22-30(37)35(21-26-16-18-27(33)19-17-26)29(20-25-12-5-4-6-13-25)32(38)34-28-14-7-8-15-28/h4-6,9-13,16-19,28-29H,7-8,14-15,20-22H2,1-3H3,(H,34,38)/t29-/m0/s1. The van der Waals surface area contributed by atoms with E-state index in [4.69, 9.17) is 11.6 Å². The van der Waals surface area contributed by atoms with Gasteiger partial charge in [0.15, 0.2) is 0 Å². The first kappa shape index (κ1) is 30.6. The minimum atomic E-state index is -3.83. The summed E-state index contributed by atoms with van der Waals surface area (Å²) in [4.78, 5) is 29.7. The second kappa shape index (κ2) is 13.5. The zero-order valence-electron chi connectivity index (χ0n) is 23.8. The van der Waals surface area contributed by atoms with Crippen LogP contribution in [0, 0.1) is 13.8 Å². The quantitative estimate of drug-likeness (QED) is 0.321. The molecule has 4 rings (SSSR count). The fourth-order valence-corrected chi connectivity index (χ4v) is 6.57. The summed E-state index contributed by atoms with van der Waals surface area (Å²) in [5.41, 5.74) is 3.65. The van der Waals surface area contributed by atoms with E-state index in [9.17, 15) is 18.0 Å². The van der Waals surface area contributed by atoms with E-state index >= 15 is 0 Å². The number of anilines is 1. The van der Waals surface area contributed by atoms with Crippen molar-refractivity contribution in [2.24, 2.45) is 0 Å². The molecule has 9 heteroatoms. The Bertz CT molecular complexity index is 1440. The van der Waals surface area contributed by atoms with Crippen LogP contribution < -0.4 is 9.62 Å². The van der Waals surface area contributed by atoms with Crippen molar-refractivity contribution in [3.8, 4) is 0 Å². The number of amides is 2. The second-order valence-electron chi connectivity index (χ2n) is 10.9. The second-order valence-corrected chi connectivity index (χ2v) is 13.2. The number of halogens is 1. The van der Waals surface area contributed by atoms with Crippen LogP contribution in [-0.2, 0) is 32.6 Å². The van der Waals surface area contributed by atoms with Crippen LogP contribution in [0.1, 0.15) is 47.9 Å². The van der Waals surface area contributed by atoms with E-state index in [2.05, 4.69) is 5.32 Å². The van der Waals surface area contributed by atoms with Gasteiger partial charge in [-0.05, 0) is 61.1 Å². The highest BCUT2D eigenvalue weighted by molar-refractivity contribution is 7.92. The Morgan fingerprint density at radius 2 is 1.51 bits per heavy atom. The van der Waals surface area contributed by atoms with Crippen molar-refractivity contribution in [1.29, 1.82) is 0 Å². The molecule has 1 aliphatic rings. The molecule has 1 saturated carbocycles. The maximum atomic E-state index is 14.3. The first-order valence-corrected chi connectivity index (χ1v) is 16.2. The van der Waals surface area contributed by atoms with Crippen LogP contribution in [-0.4, -0.2) is 50.0 Å². The van der Waals surface area contributed by atoms with Gasteiger partial charge in [0, 0.05) is 24.0 Å². The summed E-state index contributed by atoms with van der Waals surface area (Å²) < 4.78 is 27.3. The Balaban J connectivity index is 1.74. The normalized spacial score (nSPS) is 14.4. The van der Waals surface area contributed by atoms with E-state index in [1.54, 1.807) is 12.1 Å². The third-order valence-electron chi connectivity index (χ3n) is 7.61. The third-order valence-corrected chi connectivity index (χ3v) is 8.97. The molecular weight excluding hydrogens is 558 g/mol. The van der Waals surface area contributed by atoms with E-state index < -0.39 is 28.5 Å². The number of hydrogen-bond donors (Lipinski definition) is 1. The minimum absolute atomic E-state index is 0.0652. The maximum absolute atomic E-state index is 14.3. The van der Waals surface area contributed by atoms with Crippen LogP contribution in [0.5, 0.6) is 0 Å². The largest absolute Gasteiger partial charge is 0.352 e. The van der Waals surface area contributed by atoms with Crippen LogP contribution in [0.3, 0.4) is 0 Å². The molecule has 2 amide bonds. The molecule has 218 valence electrons. The molecule has 1 atom stereocenters. The molecule has 0 spiro atoms. The van der Waals surface area contributed by atoms with E-state index in [0.29, 0.717) is 17.1 Å². The van der Waals surface area contributed by atoms with Crippen molar-refractivity contribution >= 4 is 39.1 Å². The van der Waals surface area contributed by atoms with E-state index in [1.807, 2.05) is 74.5 Å². The molecule has 1 N–H and O–H groups in total. The lowest BCUT2D eigenvalue weighted by atomic mass is 10.0. The smallest absolute Gasteiger partial charge is 0.244 e. The number of hydrogen-bond acceptors (Lipinski definition) is 4. The van der Waals surface area contributed by atoms with Gasteiger partial charge in [0.1, 0.15) is 12.6 Å². The highest BCUT2D eigenvalue weighted by Crippen LogP contribution is 2.28. The summed E-state index contributed by atoms with van der Waals surface area (Å²) in [6.45, 7) is 3.34. The van der Waals surface area contributed by atoms with Gasteiger partial charge in [-0.25, -0.2) is 8.42 Å². The van der Waals surface area contributed by atoms with Crippen molar-refractivity contribution in [2.45, 2.75) is 64.6 Å². The van der Waals surface area contributed by atoms with Crippen LogP contribution >= 0.6 is 11.6 Å². The maximum Gasteiger partial charge on any atom is 0.244 e. The molecule has 1 aliphatic carbocycles. The van der Waals surface area contributed by atoms with Gasteiger partial charge < -0.3 is 10.2 Å². The molecule has 7 nitrogen and oxygen atoms in total. The molecule has 0 unspecified atom stereocenters. The van der Waals surface area contributed by atoms with Gasteiger partial charge in [0.25, 0.3) is 0 Å². The first-order valence-electron chi connectivity index (χ1n) is 13.9. The number of nitrogens with one attached hydrogen (secondary N) is 1. The summed E-state index contributed by atoms with van der Waals surface area (Å²) in [5.74, 6) is -0.698. The van der Waals surface area contributed by atoms with Crippen molar-refractivity contribution in [3.05, 3.63) is 100 Å². The van der Waals surface area contributed by atoms with Gasteiger partial charge >= 0.3 is 0 Å². The van der Waals surface area contributed by atoms with Gasteiger partial charge in [-0.2, -0.15) is 0 Å². The number of aryl methyl sites for hydroxylation is 2. The highest BCUT2D eigenvalue weighted by Gasteiger charge is 2.34. The average Bonchev–Trinajstić information content (AvgIpc) is 3.44. The van der Waals surface area contributed by atoms with E-state index in [1.165, 1.54) is 4.90 Å². The Hall–Kier alpha value is -3.36. The molecule has 41 heavy (non-hydrogen) atoms. The van der Waals surface area contributed by atoms with Crippen LogP contribution in [0.4, 0.5) is 5.69 Å². The monoisotopic (exact) mass is 595 g/mol. The molecule has 1 fully saturated rings. The molecule has 0 radical (unpaired) electrons. The molecule has 0 aromatic heterocycles. The summed E-state index contributed by atoms with van der Waals surface area (Å²) in [6.07, 6.45) is 5.32. The van der Waals surface area contributed by atoms with Crippen molar-refractivity contribution in [2.75, 3.05) is 17.1 Å². The van der Waals surface area contributed by atoms with Gasteiger partial charge in [-0.15, -0.1) is 0 Å². The molecular formula is C32H38ClN3O4S. The van der Waals surface area contributed by atoms with Gasteiger partial charge in [0.05, 0.1) is 11.9 Å². The van der Waals surface area contributed by atoms with Gasteiger partial charge in [-0.1, -0.05) is 85.1 Å². The summed E-state index contributed by atoms with van der Waals surface area (Å²) in [7, 11) is -3.83. The lowest BCUT2D eigenvalue weighted by Gasteiger charge is -2.34. The first-order chi connectivity index (χ1) is 19.5. The Morgan fingerprint density at radius 1 is 0.902 bits per heavy atom. The zero-order chi connectivity index (χ0) is 29.6. The number of para-hydroxylation sites is 1.